The second-order valence-electron chi connectivity index (χ2n) is 8.24. The molecule has 1 aliphatic carbocycles. The Hall–Kier alpha value is -3.80. The SMILES string of the molecule is NC1CCC(Nc2ccc3ncc(-c4cnc(Nc5ccc(C(F)(F)F)cn5)nc4)n3n2)CC1. The lowest BCUT2D eigenvalue weighted by atomic mass is 9.92. The van der Waals surface area contributed by atoms with Crippen molar-refractivity contribution >= 4 is 23.2 Å². The molecule has 0 amide bonds. The lowest BCUT2D eigenvalue weighted by molar-refractivity contribution is -0.137. The number of pyridine rings is 1. The molecule has 0 atom stereocenters. The van der Waals surface area contributed by atoms with E-state index in [0.717, 1.165) is 43.8 Å². The Balaban J connectivity index is 1.31. The van der Waals surface area contributed by atoms with Crippen LogP contribution in [0, 0.1) is 0 Å². The zero-order chi connectivity index (χ0) is 23.7. The van der Waals surface area contributed by atoms with E-state index in [-0.39, 0.29) is 17.8 Å². The molecule has 0 spiro atoms. The average Bonchev–Trinajstić information content (AvgIpc) is 3.24. The molecule has 12 heteroatoms. The van der Waals surface area contributed by atoms with Gasteiger partial charge in [0.2, 0.25) is 5.95 Å². The maximum Gasteiger partial charge on any atom is 0.417 e. The van der Waals surface area contributed by atoms with Crippen LogP contribution in [0.15, 0.2) is 49.1 Å². The summed E-state index contributed by atoms with van der Waals surface area (Å²) < 4.78 is 39.8. The zero-order valence-corrected chi connectivity index (χ0v) is 18.0. The number of rotatable bonds is 5. The van der Waals surface area contributed by atoms with Crippen LogP contribution in [-0.4, -0.2) is 41.6 Å². The number of aromatic nitrogens is 6. The highest BCUT2D eigenvalue weighted by atomic mass is 19.4. The zero-order valence-electron chi connectivity index (χ0n) is 18.0. The number of fused-ring (bicyclic) bond motifs is 1. The third kappa shape index (κ3) is 4.76. The Morgan fingerprint density at radius 1 is 0.853 bits per heavy atom. The monoisotopic (exact) mass is 469 g/mol. The van der Waals surface area contributed by atoms with Gasteiger partial charge in [-0.05, 0) is 49.9 Å². The smallest absolute Gasteiger partial charge is 0.366 e. The first-order valence-corrected chi connectivity index (χ1v) is 10.8. The molecule has 1 fully saturated rings. The molecule has 0 radical (unpaired) electrons. The van der Waals surface area contributed by atoms with Crippen molar-refractivity contribution in [1.82, 2.24) is 29.5 Å². The molecule has 4 aromatic heterocycles. The lowest BCUT2D eigenvalue weighted by Gasteiger charge is -2.27. The summed E-state index contributed by atoms with van der Waals surface area (Å²) in [5.74, 6) is 1.16. The molecule has 0 unspecified atom stereocenters. The normalized spacial score (nSPS) is 18.7. The Kier molecular flexibility index (Phi) is 5.74. The topological polar surface area (TPSA) is 119 Å². The average molecular weight is 469 g/mol. The van der Waals surface area contributed by atoms with E-state index in [9.17, 15) is 13.2 Å². The molecule has 4 N–H and O–H groups in total. The summed E-state index contributed by atoms with van der Waals surface area (Å²) in [6, 6.07) is 6.58. The summed E-state index contributed by atoms with van der Waals surface area (Å²) in [6.07, 6.45) is 5.20. The van der Waals surface area contributed by atoms with E-state index in [1.807, 2.05) is 12.1 Å². The fourth-order valence-corrected chi connectivity index (χ4v) is 3.89. The van der Waals surface area contributed by atoms with Gasteiger partial charge in [-0.2, -0.15) is 13.2 Å². The van der Waals surface area contributed by atoms with Crippen molar-refractivity contribution in [3.05, 3.63) is 54.6 Å². The van der Waals surface area contributed by atoms with Gasteiger partial charge in [0.05, 0.1) is 17.5 Å². The minimum absolute atomic E-state index is 0.204. The van der Waals surface area contributed by atoms with Gasteiger partial charge in [-0.1, -0.05) is 0 Å². The van der Waals surface area contributed by atoms with Crippen molar-refractivity contribution in [3.63, 3.8) is 0 Å². The molecule has 176 valence electrons. The van der Waals surface area contributed by atoms with Crippen molar-refractivity contribution in [2.24, 2.45) is 5.73 Å². The van der Waals surface area contributed by atoms with E-state index in [1.54, 1.807) is 23.1 Å². The van der Waals surface area contributed by atoms with Gasteiger partial charge >= 0.3 is 6.18 Å². The quantitative estimate of drug-likeness (QED) is 0.401. The number of nitrogens with one attached hydrogen (secondary N) is 2. The maximum absolute atomic E-state index is 12.7. The molecule has 9 nitrogen and oxygen atoms in total. The molecule has 4 aromatic rings. The molecule has 1 saturated carbocycles. The van der Waals surface area contributed by atoms with Crippen LogP contribution >= 0.6 is 0 Å². The Labute approximate surface area is 192 Å². The van der Waals surface area contributed by atoms with E-state index in [1.165, 1.54) is 6.07 Å². The Morgan fingerprint density at radius 2 is 1.59 bits per heavy atom. The Morgan fingerprint density at radius 3 is 2.26 bits per heavy atom. The molecule has 5 rings (SSSR count). The third-order valence-electron chi connectivity index (χ3n) is 5.76. The highest BCUT2D eigenvalue weighted by Gasteiger charge is 2.30. The van der Waals surface area contributed by atoms with Gasteiger partial charge in [0.1, 0.15) is 11.6 Å². The molecule has 0 aromatic carbocycles. The van der Waals surface area contributed by atoms with Crippen LogP contribution in [0.25, 0.3) is 16.9 Å². The van der Waals surface area contributed by atoms with Crippen molar-refractivity contribution in [2.45, 2.75) is 43.9 Å². The number of nitrogens with two attached hydrogens (primary N) is 1. The minimum Gasteiger partial charge on any atom is -0.366 e. The second-order valence-corrected chi connectivity index (χ2v) is 8.24. The number of nitrogens with zero attached hydrogens (tertiary/aromatic N) is 6. The molecule has 0 bridgehead atoms. The van der Waals surface area contributed by atoms with E-state index in [4.69, 9.17) is 5.73 Å². The van der Waals surface area contributed by atoms with Crippen LogP contribution in [0.1, 0.15) is 31.2 Å². The summed E-state index contributed by atoms with van der Waals surface area (Å²) in [4.78, 5) is 16.7. The van der Waals surface area contributed by atoms with Crippen molar-refractivity contribution in [3.8, 4) is 11.3 Å². The van der Waals surface area contributed by atoms with Gasteiger partial charge in [0.15, 0.2) is 5.65 Å². The van der Waals surface area contributed by atoms with Crippen LogP contribution in [0.5, 0.6) is 0 Å². The molecule has 34 heavy (non-hydrogen) atoms. The summed E-state index contributed by atoms with van der Waals surface area (Å²) in [5.41, 5.74) is 7.25. The van der Waals surface area contributed by atoms with Gasteiger partial charge in [0, 0.05) is 36.2 Å². The molecular weight excluding hydrogens is 447 g/mol. The summed E-state index contributed by atoms with van der Waals surface area (Å²) in [5, 5.41) is 11.0. The van der Waals surface area contributed by atoms with Crippen molar-refractivity contribution < 1.29 is 13.2 Å². The summed E-state index contributed by atoms with van der Waals surface area (Å²) in [6.45, 7) is 0. The predicted octanol–water partition coefficient (Wildman–Crippen LogP) is 4.03. The van der Waals surface area contributed by atoms with Gasteiger partial charge in [-0.25, -0.2) is 24.5 Å². The van der Waals surface area contributed by atoms with Crippen molar-refractivity contribution in [1.29, 1.82) is 0 Å². The molecule has 4 heterocycles. The van der Waals surface area contributed by atoms with Crippen LogP contribution in [-0.2, 0) is 6.18 Å². The van der Waals surface area contributed by atoms with E-state index < -0.39 is 11.7 Å². The fraction of sp³-hybridized carbons (Fsp3) is 0.318. The molecule has 0 saturated heterocycles. The Bertz CT molecular complexity index is 1260. The summed E-state index contributed by atoms with van der Waals surface area (Å²) in [7, 11) is 0. The number of hydrogen-bond acceptors (Lipinski definition) is 8. The van der Waals surface area contributed by atoms with Gasteiger partial charge in [0.25, 0.3) is 0 Å². The largest absolute Gasteiger partial charge is 0.417 e. The van der Waals surface area contributed by atoms with E-state index in [2.05, 4.69) is 35.7 Å². The van der Waals surface area contributed by atoms with Crippen LogP contribution in [0.2, 0.25) is 0 Å². The first kappa shape index (κ1) is 22.0. The number of imidazole rings is 1. The number of halogens is 3. The first-order chi connectivity index (χ1) is 16.3. The van der Waals surface area contributed by atoms with Crippen LogP contribution in [0.3, 0.4) is 0 Å². The summed E-state index contributed by atoms with van der Waals surface area (Å²) >= 11 is 0. The third-order valence-corrected chi connectivity index (χ3v) is 5.76. The highest BCUT2D eigenvalue weighted by Crippen LogP contribution is 2.29. The number of alkyl halides is 3. The molecule has 1 aliphatic rings. The standard InChI is InChI=1S/C22H22F3N9/c23-22(24,25)14-1-6-18(27-11-14)32-21-29-9-13(10-30-21)17-12-28-20-8-7-19(33-34(17)20)31-16-4-2-15(26)3-5-16/h1,6-12,15-16H,2-5,26H2,(H,31,33)(H,27,29,30,32). The second kappa shape index (κ2) is 8.86. The minimum atomic E-state index is -4.44. The van der Waals surface area contributed by atoms with Gasteiger partial charge in [-0.15, -0.1) is 5.10 Å². The number of anilines is 3. The fourth-order valence-electron chi connectivity index (χ4n) is 3.89. The predicted molar refractivity (Wildman–Crippen MR) is 120 cm³/mol. The maximum atomic E-state index is 12.7. The first-order valence-electron chi connectivity index (χ1n) is 10.8. The van der Waals surface area contributed by atoms with E-state index in [0.29, 0.717) is 22.9 Å². The van der Waals surface area contributed by atoms with E-state index >= 15 is 0 Å². The molecule has 0 aliphatic heterocycles. The van der Waals surface area contributed by atoms with Gasteiger partial charge in [-0.3, -0.25) is 0 Å². The highest BCUT2D eigenvalue weighted by molar-refractivity contribution is 5.63. The van der Waals surface area contributed by atoms with Crippen LogP contribution < -0.4 is 16.4 Å². The van der Waals surface area contributed by atoms with Gasteiger partial charge < -0.3 is 16.4 Å². The molecular formula is C22H22F3N9. The van der Waals surface area contributed by atoms with Crippen LogP contribution in [0.4, 0.5) is 30.8 Å². The number of hydrogen-bond donors (Lipinski definition) is 3. The lowest BCUT2D eigenvalue weighted by Crippen LogP contribution is -2.33. The van der Waals surface area contributed by atoms with Crippen molar-refractivity contribution in [2.75, 3.05) is 10.6 Å².